The Morgan fingerprint density at radius 3 is 2.28 bits per heavy atom. The molecule has 2 aromatic carbocycles. The molecule has 0 fully saturated rings. The number of para-hydroxylation sites is 1. The van der Waals surface area contributed by atoms with E-state index in [1.165, 1.54) is 7.11 Å². The SMILES string of the molecule is CCc1ccccc1NC(=O)CN(C)CC(=O)NCc1ccc(C(=O)OC)cc1. The highest BCUT2D eigenvalue weighted by Gasteiger charge is 2.12. The van der Waals surface area contributed by atoms with Gasteiger partial charge in [0.15, 0.2) is 0 Å². The Morgan fingerprint density at radius 1 is 0.966 bits per heavy atom. The first-order chi connectivity index (χ1) is 13.9. The zero-order valence-electron chi connectivity index (χ0n) is 17.0. The van der Waals surface area contributed by atoms with Crippen molar-refractivity contribution < 1.29 is 19.1 Å². The van der Waals surface area contributed by atoms with E-state index in [0.29, 0.717) is 12.1 Å². The van der Waals surface area contributed by atoms with Crippen LogP contribution in [0.25, 0.3) is 0 Å². The summed E-state index contributed by atoms with van der Waals surface area (Å²) in [7, 11) is 3.05. The number of esters is 1. The molecular formula is C22H27N3O4. The summed E-state index contributed by atoms with van der Waals surface area (Å²) in [5.74, 6) is -0.757. The van der Waals surface area contributed by atoms with Gasteiger partial charge in [-0.3, -0.25) is 14.5 Å². The van der Waals surface area contributed by atoms with Gasteiger partial charge >= 0.3 is 5.97 Å². The van der Waals surface area contributed by atoms with Gasteiger partial charge in [-0.25, -0.2) is 4.79 Å². The molecule has 0 saturated carbocycles. The molecule has 2 N–H and O–H groups in total. The van der Waals surface area contributed by atoms with Crippen molar-refractivity contribution >= 4 is 23.5 Å². The highest BCUT2D eigenvalue weighted by Crippen LogP contribution is 2.15. The monoisotopic (exact) mass is 397 g/mol. The van der Waals surface area contributed by atoms with Gasteiger partial charge in [0.1, 0.15) is 0 Å². The number of carbonyl (C=O) groups is 3. The second kappa shape index (κ2) is 11.0. The number of hydrogen-bond acceptors (Lipinski definition) is 5. The summed E-state index contributed by atoms with van der Waals surface area (Å²) in [6, 6.07) is 14.5. The molecule has 0 bridgehead atoms. The predicted molar refractivity (Wildman–Crippen MR) is 112 cm³/mol. The van der Waals surface area contributed by atoms with E-state index in [4.69, 9.17) is 0 Å². The summed E-state index contributed by atoms with van der Waals surface area (Å²) in [6.45, 7) is 2.58. The highest BCUT2D eigenvalue weighted by molar-refractivity contribution is 5.93. The fourth-order valence-corrected chi connectivity index (χ4v) is 2.82. The number of likely N-dealkylation sites (N-methyl/N-ethyl adjacent to an activating group) is 1. The molecule has 2 aromatic rings. The fraction of sp³-hybridized carbons (Fsp3) is 0.318. The number of methoxy groups -OCH3 is 1. The van der Waals surface area contributed by atoms with E-state index in [9.17, 15) is 14.4 Å². The lowest BCUT2D eigenvalue weighted by molar-refractivity contribution is -0.123. The summed E-state index contributed by atoms with van der Waals surface area (Å²) in [5.41, 5.74) is 3.19. The van der Waals surface area contributed by atoms with E-state index >= 15 is 0 Å². The maximum Gasteiger partial charge on any atom is 0.337 e. The second-order valence-electron chi connectivity index (χ2n) is 6.70. The van der Waals surface area contributed by atoms with Crippen LogP contribution in [0.1, 0.15) is 28.4 Å². The minimum absolute atomic E-state index is 0.100. The number of hydrogen-bond donors (Lipinski definition) is 2. The van der Waals surface area contributed by atoms with Crippen molar-refractivity contribution in [2.45, 2.75) is 19.9 Å². The lowest BCUT2D eigenvalue weighted by Gasteiger charge is -2.17. The standard InChI is InChI=1S/C22H27N3O4/c1-4-17-7-5-6-8-19(17)24-21(27)15-25(2)14-20(26)23-13-16-9-11-18(12-10-16)22(28)29-3/h5-12H,4,13-15H2,1-3H3,(H,23,26)(H,24,27). The first-order valence-corrected chi connectivity index (χ1v) is 9.43. The molecule has 0 aromatic heterocycles. The van der Waals surface area contributed by atoms with Crippen molar-refractivity contribution in [3.8, 4) is 0 Å². The molecule has 29 heavy (non-hydrogen) atoms. The van der Waals surface area contributed by atoms with Crippen LogP contribution in [0.4, 0.5) is 5.69 Å². The van der Waals surface area contributed by atoms with Crippen LogP contribution in [0.15, 0.2) is 48.5 Å². The summed E-state index contributed by atoms with van der Waals surface area (Å²) >= 11 is 0. The van der Waals surface area contributed by atoms with Crippen LogP contribution in [-0.4, -0.2) is 49.9 Å². The average Bonchev–Trinajstić information content (AvgIpc) is 2.72. The maximum atomic E-state index is 12.2. The van der Waals surface area contributed by atoms with Crippen LogP contribution in [0.2, 0.25) is 0 Å². The van der Waals surface area contributed by atoms with Crippen LogP contribution >= 0.6 is 0 Å². The van der Waals surface area contributed by atoms with Crippen LogP contribution in [0, 0.1) is 0 Å². The van der Waals surface area contributed by atoms with Gasteiger partial charge in [-0.05, 0) is 42.8 Å². The van der Waals surface area contributed by atoms with E-state index in [1.54, 1.807) is 36.2 Å². The van der Waals surface area contributed by atoms with Gasteiger partial charge in [0.05, 0.1) is 25.8 Å². The van der Waals surface area contributed by atoms with Crippen molar-refractivity contribution in [3.05, 3.63) is 65.2 Å². The van der Waals surface area contributed by atoms with Crippen molar-refractivity contribution in [3.63, 3.8) is 0 Å². The Kier molecular flexibility index (Phi) is 8.36. The van der Waals surface area contributed by atoms with Gasteiger partial charge in [0.25, 0.3) is 0 Å². The fourth-order valence-electron chi connectivity index (χ4n) is 2.82. The van der Waals surface area contributed by atoms with Crippen molar-refractivity contribution in [1.82, 2.24) is 10.2 Å². The van der Waals surface area contributed by atoms with Gasteiger partial charge in [-0.15, -0.1) is 0 Å². The third-order valence-corrected chi connectivity index (χ3v) is 4.36. The van der Waals surface area contributed by atoms with Crippen molar-refractivity contribution in [2.75, 3.05) is 32.6 Å². The molecule has 0 radical (unpaired) electrons. The molecule has 154 valence electrons. The Balaban J connectivity index is 1.77. The quantitative estimate of drug-likeness (QED) is 0.634. The Hall–Kier alpha value is -3.19. The van der Waals surface area contributed by atoms with Crippen molar-refractivity contribution in [2.24, 2.45) is 0 Å². The summed E-state index contributed by atoms with van der Waals surface area (Å²) in [6.07, 6.45) is 0.829. The third kappa shape index (κ3) is 7.04. The minimum Gasteiger partial charge on any atom is -0.465 e. The van der Waals surface area contributed by atoms with Gasteiger partial charge in [0, 0.05) is 12.2 Å². The smallest absolute Gasteiger partial charge is 0.337 e. The Morgan fingerprint density at radius 2 is 1.62 bits per heavy atom. The van der Waals surface area contributed by atoms with Crippen LogP contribution in [0.3, 0.4) is 0 Å². The molecule has 0 aliphatic carbocycles. The Bertz CT molecular complexity index is 849. The molecule has 0 unspecified atom stereocenters. The lowest BCUT2D eigenvalue weighted by Crippen LogP contribution is -2.38. The van der Waals surface area contributed by atoms with E-state index < -0.39 is 5.97 Å². The third-order valence-electron chi connectivity index (χ3n) is 4.36. The molecule has 0 spiro atoms. The molecule has 0 atom stereocenters. The number of rotatable bonds is 9. The van der Waals surface area contributed by atoms with E-state index in [-0.39, 0.29) is 24.9 Å². The number of ether oxygens (including phenoxy) is 1. The second-order valence-corrected chi connectivity index (χ2v) is 6.70. The number of carbonyl (C=O) groups excluding carboxylic acids is 3. The summed E-state index contributed by atoms with van der Waals surface area (Å²) < 4.78 is 4.65. The average molecular weight is 397 g/mol. The molecule has 2 amide bonds. The van der Waals surface area contributed by atoms with Gasteiger partial charge in [0.2, 0.25) is 11.8 Å². The molecule has 0 aliphatic rings. The lowest BCUT2D eigenvalue weighted by atomic mass is 10.1. The first kappa shape index (κ1) is 22.1. The molecule has 7 nitrogen and oxygen atoms in total. The van der Waals surface area contributed by atoms with Crippen LogP contribution < -0.4 is 10.6 Å². The largest absolute Gasteiger partial charge is 0.465 e. The van der Waals surface area contributed by atoms with E-state index in [2.05, 4.69) is 15.4 Å². The molecule has 0 heterocycles. The summed E-state index contributed by atoms with van der Waals surface area (Å²) in [4.78, 5) is 37.4. The predicted octanol–water partition coefficient (Wildman–Crippen LogP) is 2.22. The van der Waals surface area contributed by atoms with Gasteiger partial charge in [-0.1, -0.05) is 37.3 Å². The number of anilines is 1. The summed E-state index contributed by atoms with van der Waals surface area (Å²) in [5, 5.41) is 5.70. The normalized spacial score (nSPS) is 10.5. The molecule has 2 rings (SSSR count). The number of amides is 2. The molecule has 7 heteroatoms. The van der Waals surface area contributed by atoms with Crippen molar-refractivity contribution in [1.29, 1.82) is 0 Å². The first-order valence-electron chi connectivity index (χ1n) is 9.43. The molecule has 0 aliphatic heterocycles. The van der Waals surface area contributed by atoms with E-state index in [1.807, 2.05) is 31.2 Å². The number of benzene rings is 2. The van der Waals surface area contributed by atoms with E-state index in [0.717, 1.165) is 23.2 Å². The Labute approximate surface area is 171 Å². The number of aryl methyl sites for hydroxylation is 1. The number of nitrogens with zero attached hydrogens (tertiary/aromatic N) is 1. The maximum absolute atomic E-state index is 12.2. The van der Waals surface area contributed by atoms with Crippen LogP contribution in [-0.2, 0) is 27.3 Å². The van der Waals surface area contributed by atoms with Gasteiger partial charge < -0.3 is 15.4 Å². The topological polar surface area (TPSA) is 87.7 Å². The highest BCUT2D eigenvalue weighted by atomic mass is 16.5. The van der Waals surface area contributed by atoms with Gasteiger partial charge in [-0.2, -0.15) is 0 Å². The zero-order valence-corrected chi connectivity index (χ0v) is 17.0. The minimum atomic E-state index is -0.401. The zero-order chi connectivity index (χ0) is 21.2. The number of nitrogens with one attached hydrogen (secondary N) is 2. The van der Waals surface area contributed by atoms with Crippen LogP contribution in [0.5, 0.6) is 0 Å². The molecular weight excluding hydrogens is 370 g/mol. The molecule has 0 saturated heterocycles.